The number of benzene rings is 1. The lowest BCUT2D eigenvalue weighted by Gasteiger charge is -2.39. The van der Waals surface area contributed by atoms with Gasteiger partial charge in [0.2, 0.25) is 0 Å². The smallest absolute Gasteiger partial charge is 0.328 e. The second-order valence-corrected chi connectivity index (χ2v) is 4.39. The number of rotatable bonds is 5. The van der Waals surface area contributed by atoms with E-state index in [9.17, 15) is 4.79 Å². The van der Waals surface area contributed by atoms with Crippen molar-refractivity contribution in [2.75, 3.05) is 27.4 Å². The molecule has 1 saturated heterocycles. The second-order valence-electron chi connectivity index (χ2n) is 4.39. The topological polar surface area (TPSA) is 65.0 Å². The highest BCUT2D eigenvalue weighted by atomic mass is 16.5. The summed E-state index contributed by atoms with van der Waals surface area (Å²) in [4.78, 5) is 10.7. The van der Waals surface area contributed by atoms with E-state index in [0.29, 0.717) is 24.7 Å². The van der Waals surface area contributed by atoms with E-state index >= 15 is 0 Å². The molecule has 5 heteroatoms. The van der Waals surface area contributed by atoms with Crippen molar-refractivity contribution < 1.29 is 24.1 Å². The third-order valence-electron chi connectivity index (χ3n) is 3.22. The van der Waals surface area contributed by atoms with Gasteiger partial charge in [-0.15, -0.1) is 0 Å². The van der Waals surface area contributed by atoms with Gasteiger partial charge in [0.15, 0.2) is 11.5 Å². The Kier molecular flexibility index (Phi) is 3.76. The van der Waals surface area contributed by atoms with Crippen LogP contribution in [0, 0.1) is 0 Å². The van der Waals surface area contributed by atoms with Crippen LogP contribution >= 0.6 is 0 Å². The summed E-state index contributed by atoms with van der Waals surface area (Å²) < 4.78 is 15.7. The van der Waals surface area contributed by atoms with Crippen molar-refractivity contribution in [3.05, 3.63) is 35.9 Å². The molecule has 0 radical (unpaired) electrons. The molecule has 1 aromatic rings. The van der Waals surface area contributed by atoms with Crippen LogP contribution in [0.2, 0.25) is 0 Å². The predicted molar refractivity (Wildman–Crippen MR) is 68.8 cm³/mol. The first-order chi connectivity index (χ1) is 9.11. The average molecular weight is 264 g/mol. The van der Waals surface area contributed by atoms with Crippen LogP contribution in [0.1, 0.15) is 5.56 Å². The van der Waals surface area contributed by atoms with E-state index in [-0.39, 0.29) is 0 Å². The molecule has 0 saturated carbocycles. The predicted octanol–water partition coefficient (Wildman–Crippen LogP) is 1.61. The van der Waals surface area contributed by atoms with Gasteiger partial charge in [-0.05, 0) is 17.7 Å². The molecule has 0 atom stereocenters. The fourth-order valence-corrected chi connectivity index (χ4v) is 2.06. The Morgan fingerprint density at radius 1 is 1.32 bits per heavy atom. The molecule has 1 fully saturated rings. The summed E-state index contributed by atoms with van der Waals surface area (Å²) in [6.45, 7) is 0.929. The Balaban J connectivity index is 2.36. The van der Waals surface area contributed by atoms with Crippen LogP contribution in [-0.4, -0.2) is 38.5 Å². The fraction of sp³-hybridized carbons (Fsp3) is 0.357. The summed E-state index contributed by atoms with van der Waals surface area (Å²) in [5.74, 6) is 0.297. The maximum atomic E-state index is 10.7. The number of carboxylic acids is 1. The van der Waals surface area contributed by atoms with Crippen LogP contribution < -0.4 is 9.47 Å². The molecule has 1 aliphatic heterocycles. The van der Waals surface area contributed by atoms with Gasteiger partial charge in [-0.1, -0.05) is 12.1 Å². The average Bonchev–Trinajstić information content (AvgIpc) is 2.36. The lowest BCUT2D eigenvalue weighted by Crippen LogP contribution is -2.45. The lowest BCUT2D eigenvalue weighted by molar-refractivity contribution is -0.131. The molecule has 2 rings (SSSR count). The van der Waals surface area contributed by atoms with Crippen molar-refractivity contribution in [1.29, 1.82) is 0 Å². The molecule has 1 aromatic carbocycles. The van der Waals surface area contributed by atoms with Crippen LogP contribution in [0.3, 0.4) is 0 Å². The van der Waals surface area contributed by atoms with E-state index < -0.39 is 11.4 Å². The first-order valence-electron chi connectivity index (χ1n) is 5.84. The number of hydrogen-bond donors (Lipinski definition) is 1. The Hall–Kier alpha value is -2.01. The van der Waals surface area contributed by atoms with E-state index in [1.54, 1.807) is 20.3 Å². The van der Waals surface area contributed by atoms with Gasteiger partial charge in [0.1, 0.15) is 0 Å². The molecular formula is C14H16O5. The molecule has 0 bridgehead atoms. The van der Waals surface area contributed by atoms with Gasteiger partial charge in [-0.25, -0.2) is 4.79 Å². The molecule has 0 amide bonds. The van der Waals surface area contributed by atoms with Crippen LogP contribution in [0.25, 0.3) is 0 Å². The zero-order chi connectivity index (χ0) is 13.9. The standard InChI is InChI=1S/C14H16O5/c1-17-11-4-3-10(7-12(11)18-2)14(8-19-9-14)6-5-13(15)16/h3-7H,8-9H2,1-2H3,(H,15,16)/b6-5+. The maximum Gasteiger partial charge on any atom is 0.328 e. The molecule has 0 unspecified atom stereocenters. The fourth-order valence-electron chi connectivity index (χ4n) is 2.06. The van der Waals surface area contributed by atoms with Crippen molar-refractivity contribution in [3.63, 3.8) is 0 Å². The van der Waals surface area contributed by atoms with Gasteiger partial charge in [-0.3, -0.25) is 0 Å². The molecular weight excluding hydrogens is 248 g/mol. The van der Waals surface area contributed by atoms with Crippen molar-refractivity contribution >= 4 is 5.97 Å². The van der Waals surface area contributed by atoms with E-state index in [1.165, 1.54) is 0 Å². The number of aliphatic carboxylic acids is 1. The van der Waals surface area contributed by atoms with Gasteiger partial charge >= 0.3 is 5.97 Å². The zero-order valence-corrected chi connectivity index (χ0v) is 10.9. The van der Waals surface area contributed by atoms with Gasteiger partial charge < -0.3 is 19.3 Å². The minimum absolute atomic E-state index is 0.391. The molecule has 1 heterocycles. The molecule has 19 heavy (non-hydrogen) atoms. The zero-order valence-electron chi connectivity index (χ0n) is 10.9. The second kappa shape index (κ2) is 5.32. The molecule has 5 nitrogen and oxygen atoms in total. The number of carboxylic acid groups (broad SMARTS) is 1. The monoisotopic (exact) mass is 264 g/mol. The van der Waals surface area contributed by atoms with E-state index in [0.717, 1.165) is 11.6 Å². The normalized spacial score (nSPS) is 16.9. The molecule has 102 valence electrons. The van der Waals surface area contributed by atoms with E-state index in [2.05, 4.69) is 0 Å². The SMILES string of the molecule is COc1ccc(C2(/C=C/C(=O)O)COC2)cc1OC. The third kappa shape index (κ3) is 2.56. The maximum absolute atomic E-state index is 10.7. The largest absolute Gasteiger partial charge is 0.493 e. The minimum Gasteiger partial charge on any atom is -0.493 e. The third-order valence-corrected chi connectivity index (χ3v) is 3.22. The minimum atomic E-state index is -0.966. The molecule has 1 N–H and O–H groups in total. The number of hydrogen-bond acceptors (Lipinski definition) is 4. The first-order valence-corrected chi connectivity index (χ1v) is 5.84. The van der Waals surface area contributed by atoms with Crippen LogP contribution in [0.15, 0.2) is 30.4 Å². The number of ether oxygens (including phenoxy) is 3. The summed E-state index contributed by atoms with van der Waals surface area (Å²) in [7, 11) is 3.14. The van der Waals surface area contributed by atoms with Crippen molar-refractivity contribution in [2.24, 2.45) is 0 Å². The highest BCUT2D eigenvalue weighted by Gasteiger charge is 2.38. The summed E-state index contributed by atoms with van der Waals surface area (Å²) in [5.41, 5.74) is 0.562. The molecule has 0 spiro atoms. The van der Waals surface area contributed by atoms with Crippen molar-refractivity contribution in [1.82, 2.24) is 0 Å². The molecule has 0 aromatic heterocycles. The molecule has 0 aliphatic carbocycles. The summed E-state index contributed by atoms with van der Waals surface area (Å²) in [6.07, 6.45) is 2.82. The number of methoxy groups -OCH3 is 2. The van der Waals surface area contributed by atoms with Crippen LogP contribution in [-0.2, 0) is 14.9 Å². The summed E-state index contributed by atoms with van der Waals surface area (Å²) in [5, 5.41) is 8.75. The van der Waals surface area contributed by atoms with E-state index in [1.807, 2.05) is 18.2 Å². The Morgan fingerprint density at radius 3 is 2.47 bits per heavy atom. The van der Waals surface area contributed by atoms with Gasteiger partial charge in [0.05, 0.1) is 32.8 Å². The summed E-state index contributed by atoms with van der Waals surface area (Å²) >= 11 is 0. The highest BCUT2D eigenvalue weighted by molar-refractivity contribution is 5.80. The quantitative estimate of drug-likeness (QED) is 0.818. The van der Waals surface area contributed by atoms with Gasteiger partial charge in [-0.2, -0.15) is 0 Å². The van der Waals surface area contributed by atoms with Crippen molar-refractivity contribution in [3.8, 4) is 11.5 Å². The Morgan fingerprint density at radius 2 is 2.00 bits per heavy atom. The van der Waals surface area contributed by atoms with E-state index in [4.69, 9.17) is 19.3 Å². The first kappa shape index (κ1) is 13.4. The van der Waals surface area contributed by atoms with Gasteiger partial charge in [0.25, 0.3) is 0 Å². The molecule has 1 aliphatic rings. The highest BCUT2D eigenvalue weighted by Crippen LogP contribution is 2.38. The van der Waals surface area contributed by atoms with Gasteiger partial charge in [0, 0.05) is 6.08 Å². The lowest BCUT2D eigenvalue weighted by atomic mass is 9.78. The van der Waals surface area contributed by atoms with Crippen LogP contribution in [0.4, 0.5) is 0 Å². The van der Waals surface area contributed by atoms with Crippen molar-refractivity contribution in [2.45, 2.75) is 5.41 Å². The summed E-state index contributed by atoms with van der Waals surface area (Å²) in [6, 6.07) is 5.56. The Labute approximate surface area is 111 Å². The Bertz CT molecular complexity index is 503. The van der Waals surface area contributed by atoms with Crippen LogP contribution in [0.5, 0.6) is 11.5 Å². The number of carbonyl (C=O) groups is 1.